The summed E-state index contributed by atoms with van der Waals surface area (Å²) in [6, 6.07) is 3.54. The Morgan fingerprint density at radius 2 is 2.06 bits per heavy atom. The summed E-state index contributed by atoms with van der Waals surface area (Å²) in [6.07, 6.45) is 3.05. The van der Waals surface area contributed by atoms with E-state index in [9.17, 15) is 14.9 Å². The summed E-state index contributed by atoms with van der Waals surface area (Å²) < 4.78 is 10.7. The molecule has 0 unspecified atom stereocenters. The lowest BCUT2D eigenvalue weighted by molar-refractivity contribution is -0.383. The van der Waals surface area contributed by atoms with E-state index in [2.05, 4.69) is 15.0 Å². The molecule has 0 aliphatic carbocycles. The molecule has 168 valence electrons. The number of hydrogen-bond donors (Lipinski definition) is 1. The second-order valence-electron chi connectivity index (χ2n) is 7.01. The van der Waals surface area contributed by atoms with Gasteiger partial charge in [-0.25, -0.2) is 0 Å². The number of nitrogens with zero attached hydrogens (tertiary/aromatic N) is 5. The third kappa shape index (κ3) is 6.76. The molecule has 2 aromatic heterocycles. The van der Waals surface area contributed by atoms with E-state index in [0.29, 0.717) is 0 Å². The van der Waals surface area contributed by atoms with E-state index < -0.39 is 16.6 Å². The van der Waals surface area contributed by atoms with Gasteiger partial charge in [-0.15, -0.1) is 0 Å². The topological polar surface area (TPSA) is 147 Å². The lowest BCUT2D eigenvalue weighted by Crippen LogP contribution is -2.32. The zero-order chi connectivity index (χ0) is 23.0. The van der Waals surface area contributed by atoms with Gasteiger partial charge in [-0.1, -0.05) is 19.4 Å². The summed E-state index contributed by atoms with van der Waals surface area (Å²) >= 11 is 0. The number of aromatic nitrogens is 3. The van der Waals surface area contributed by atoms with Crippen molar-refractivity contribution in [1.82, 2.24) is 15.0 Å². The van der Waals surface area contributed by atoms with Crippen molar-refractivity contribution in [3.05, 3.63) is 39.7 Å². The Bertz CT molecular complexity index is 906. The highest BCUT2D eigenvalue weighted by atomic mass is 16.6. The number of ether oxygens (including phenoxy) is 2. The summed E-state index contributed by atoms with van der Waals surface area (Å²) in [5.41, 5.74) is 6.93. The average Bonchev–Trinajstić information content (AvgIpc) is 2.68. The molecule has 0 saturated carbocycles. The molecule has 2 rings (SSSR count). The Labute approximate surface area is 180 Å². The standard InChI is InChI=1S/C20H28N6O5/c1-5-7-14(4)31-20-23-18(21)17(26(28)29)19(24-20)25(12-16(27)30-6-2)11-15-9-8-13(3)22-10-15/h8-10,14H,5-7,11-12H2,1-4H3,(H2,21,23,24)/t14-/m0/s1. The molecule has 11 heteroatoms. The lowest BCUT2D eigenvalue weighted by Gasteiger charge is -2.23. The van der Waals surface area contributed by atoms with Gasteiger partial charge in [-0.05, 0) is 38.8 Å². The number of esters is 1. The minimum atomic E-state index is -0.671. The quantitative estimate of drug-likeness (QED) is 0.319. The Morgan fingerprint density at radius 1 is 1.32 bits per heavy atom. The van der Waals surface area contributed by atoms with E-state index in [-0.39, 0.29) is 43.4 Å². The molecule has 0 aliphatic rings. The summed E-state index contributed by atoms with van der Waals surface area (Å²) in [6.45, 7) is 7.40. The van der Waals surface area contributed by atoms with Crippen LogP contribution >= 0.6 is 0 Å². The van der Waals surface area contributed by atoms with Crippen molar-refractivity contribution in [2.75, 3.05) is 23.8 Å². The number of carbonyl (C=O) groups is 1. The van der Waals surface area contributed by atoms with Crippen LogP contribution in [0.1, 0.15) is 44.9 Å². The molecule has 0 saturated heterocycles. The highest BCUT2D eigenvalue weighted by Crippen LogP contribution is 2.33. The molecule has 2 aromatic rings. The maximum atomic E-state index is 12.2. The van der Waals surface area contributed by atoms with Crippen LogP contribution in [-0.2, 0) is 16.1 Å². The molecule has 0 radical (unpaired) electrons. The predicted octanol–water partition coefficient (Wildman–Crippen LogP) is 2.81. The SMILES string of the molecule is CCC[C@H](C)Oc1nc(N)c([N+](=O)[O-])c(N(CC(=O)OCC)Cc2ccc(C)nc2)n1. The van der Waals surface area contributed by atoms with Gasteiger partial charge in [0.15, 0.2) is 0 Å². The molecule has 0 aromatic carbocycles. The van der Waals surface area contributed by atoms with Gasteiger partial charge in [0.2, 0.25) is 11.6 Å². The first kappa shape index (κ1) is 23.8. The summed E-state index contributed by atoms with van der Waals surface area (Å²) in [7, 11) is 0. The molecule has 0 amide bonds. The monoisotopic (exact) mass is 432 g/mol. The summed E-state index contributed by atoms with van der Waals surface area (Å²) in [5.74, 6) is -1.02. The fraction of sp³-hybridized carbons (Fsp3) is 0.500. The van der Waals surface area contributed by atoms with Crippen molar-refractivity contribution in [2.24, 2.45) is 0 Å². The van der Waals surface area contributed by atoms with Crippen LogP contribution in [0.4, 0.5) is 17.3 Å². The Balaban J connectivity index is 2.51. The molecule has 31 heavy (non-hydrogen) atoms. The predicted molar refractivity (Wildman–Crippen MR) is 115 cm³/mol. The van der Waals surface area contributed by atoms with E-state index in [1.807, 2.05) is 32.9 Å². The van der Waals surface area contributed by atoms with Gasteiger partial charge >= 0.3 is 17.7 Å². The number of carbonyl (C=O) groups excluding carboxylic acids is 1. The van der Waals surface area contributed by atoms with E-state index in [1.54, 1.807) is 13.1 Å². The Hall–Kier alpha value is -3.50. The lowest BCUT2D eigenvalue weighted by atomic mass is 10.2. The average molecular weight is 432 g/mol. The normalized spacial score (nSPS) is 11.6. The molecular formula is C20H28N6O5. The Kier molecular flexibility index (Phi) is 8.47. The molecule has 0 spiro atoms. The van der Waals surface area contributed by atoms with E-state index in [1.165, 1.54) is 4.90 Å². The van der Waals surface area contributed by atoms with Crippen molar-refractivity contribution >= 4 is 23.3 Å². The number of nitrogen functional groups attached to an aromatic ring is 1. The number of anilines is 2. The first-order chi connectivity index (χ1) is 14.7. The van der Waals surface area contributed by atoms with Crippen molar-refractivity contribution in [1.29, 1.82) is 0 Å². The number of nitro groups is 1. The van der Waals surface area contributed by atoms with Gasteiger partial charge in [0.1, 0.15) is 6.54 Å². The molecule has 0 aliphatic heterocycles. The van der Waals surface area contributed by atoms with Crippen LogP contribution in [0.25, 0.3) is 0 Å². The molecule has 11 nitrogen and oxygen atoms in total. The van der Waals surface area contributed by atoms with E-state index >= 15 is 0 Å². The molecular weight excluding hydrogens is 404 g/mol. The fourth-order valence-electron chi connectivity index (χ4n) is 2.91. The van der Waals surface area contributed by atoms with E-state index in [4.69, 9.17) is 15.2 Å². The number of rotatable bonds is 11. The second-order valence-corrected chi connectivity index (χ2v) is 7.01. The fourth-order valence-corrected chi connectivity index (χ4v) is 2.91. The third-order valence-electron chi connectivity index (χ3n) is 4.33. The van der Waals surface area contributed by atoms with E-state index in [0.717, 1.165) is 24.1 Å². The zero-order valence-electron chi connectivity index (χ0n) is 18.2. The maximum absolute atomic E-state index is 12.2. The zero-order valence-corrected chi connectivity index (χ0v) is 18.2. The van der Waals surface area contributed by atoms with Gasteiger partial charge < -0.3 is 20.1 Å². The molecule has 0 bridgehead atoms. The van der Waals surface area contributed by atoms with Crippen molar-refractivity contribution < 1.29 is 19.2 Å². The molecule has 2 N–H and O–H groups in total. The number of hydrogen-bond acceptors (Lipinski definition) is 10. The number of pyridine rings is 1. The number of nitrogens with two attached hydrogens (primary N) is 1. The first-order valence-electron chi connectivity index (χ1n) is 10.1. The van der Waals surface area contributed by atoms with Crippen LogP contribution in [0, 0.1) is 17.0 Å². The molecule has 1 atom stereocenters. The van der Waals surface area contributed by atoms with Crippen molar-refractivity contribution in [3.63, 3.8) is 0 Å². The van der Waals surface area contributed by atoms with Crippen molar-refractivity contribution in [3.8, 4) is 6.01 Å². The molecule has 2 heterocycles. The van der Waals surface area contributed by atoms with Gasteiger partial charge in [0.05, 0.1) is 17.6 Å². The minimum absolute atomic E-state index is 0.0880. The van der Waals surface area contributed by atoms with Gasteiger partial charge in [-0.3, -0.25) is 19.9 Å². The highest BCUT2D eigenvalue weighted by molar-refractivity contribution is 5.78. The van der Waals surface area contributed by atoms with Crippen LogP contribution < -0.4 is 15.4 Å². The van der Waals surface area contributed by atoms with Gasteiger partial charge in [-0.2, -0.15) is 9.97 Å². The van der Waals surface area contributed by atoms with Gasteiger partial charge in [0, 0.05) is 18.4 Å². The van der Waals surface area contributed by atoms with Crippen molar-refractivity contribution in [2.45, 2.75) is 53.2 Å². The summed E-state index contributed by atoms with van der Waals surface area (Å²) in [5, 5.41) is 11.7. The van der Waals surface area contributed by atoms with Crippen LogP contribution in [-0.4, -0.2) is 45.1 Å². The highest BCUT2D eigenvalue weighted by Gasteiger charge is 2.30. The summed E-state index contributed by atoms with van der Waals surface area (Å²) in [4.78, 5) is 37.1. The smallest absolute Gasteiger partial charge is 0.353 e. The van der Waals surface area contributed by atoms with Crippen LogP contribution in [0.3, 0.4) is 0 Å². The minimum Gasteiger partial charge on any atom is -0.465 e. The van der Waals surface area contributed by atoms with Crippen LogP contribution in [0.2, 0.25) is 0 Å². The first-order valence-corrected chi connectivity index (χ1v) is 10.1. The van der Waals surface area contributed by atoms with Gasteiger partial charge in [0.25, 0.3) is 0 Å². The van der Waals surface area contributed by atoms with Crippen LogP contribution in [0.15, 0.2) is 18.3 Å². The Morgan fingerprint density at radius 3 is 2.65 bits per heavy atom. The maximum Gasteiger partial charge on any atom is 0.353 e. The third-order valence-corrected chi connectivity index (χ3v) is 4.33. The number of aryl methyl sites for hydroxylation is 1. The second kappa shape index (κ2) is 11.0. The largest absolute Gasteiger partial charge is 0.465 e. The molecule has 0 fully saturated rings. The van der Waals surface area contributed by atoms with Crippen LogP contribution in [0.5, 0.6) is 6.01 Å².